The highest BCUT2D eigenvalue weighted by Crippen LogP contribution is 2.37. The standard InChI is InChI=1S/C19H16N2O3S/c1-12-5-4-8-17-20-14(10-18(22)21(12)17)11-24-19(23)16-9-13-6-2-3-7-15(13)25-16/h2-8,10,16H,9,11H2,1H3. The maximum atomic E-state index is 12.3. The van der Waals surface area contributed by atoms with Crippen molar-refractivity contribution >= 4 is 23.4 Å². The summed E-state index contributed by atoms with van der Waals surface area (Å²) >= 11 is 1.53. The molecule has 0 aliphatic carbocycles. The smallest absolute Gasteiger partial charge is 0.320 e. The van der Waals surface area contributed by atoms with E-state index in [4.69, 9.17) is 4.74 Å². The normalized spacial score (nSPS) is 16.0. The molecule has 3 heterocycles. The highest BCUT2D eigenvalue weighted by Gasteiger charge is 2.29. The van der Waals surface area contributed by atoms with E-state index in [1.54, 1.807) is 6.07 Å². The number of aryl methyl sites for hydroxylation is 1. The van der Waals surface area contributed by atoms with Crippen molar-refractivity contribution in [1.29, 1.82) is 0 Å². The number of esters is 1. The third-order valence-corrected chi connectivity index (χ3v) is 5.50. The molecule has 0 saturated carbocycles. The van der Waals surface area contributed by atoms with Gasteiger partial charge in [0.25, 0.3) is 5.56 Å². The Balaban J connectivity index is 1.48. The van der Waals surface area contributed by atoms with Gasteiger partial charge in [-0.2, -0.15) is 0 Å². The van der Waals surface area contributed by atoms with Crippen LogP contribution in [-0.4, -0.2) is 20.6 Å². The lowest BCUT2D eigenvalue weighted by Gasteiger charge is -2.10. The van der Waals surface area contributed by atoms with E-state index in [1.165, 1.54) is 27.8 Å². The van der Waals surface area contributed by atoms with Gasteiger partial charge in [0.2, 0.25) is 0 Å². The number of thioether (sulfide) groups is 1. The zero-order chi connectivity index (χ0) is 17.4. The first-order chi connectivity index (χ1) is 12.1. The first-order valence-electron chi connectivity index (χ1n) is 8.01. The number of aromatic nitrogens is 2. The van der Waals surface area contributed by atoms with Gasteiger partial charge in [-0.25, -0.2) is 4.98 Å². The van der Waals surface area contributed by atoms with Gasteiger partial charge in [-0.15, -0.1) is 11.8 Å². The predicted molar refractivity (Wildman–Crippen MR) is 95.8 cm³/mol. The SMILES string of the molecule is Cc1cccc2nc(COC(=O)C3Cc4ccccc4S3)cc(=O)n12. The van der Waals surface area contributed by atoms with Gasteiger partial charge >= 0.3 is 5.97 Å². The molecule has 0 N–H and O–H groups in total. The minimum Gasteiger partial charge on any atom is -0.458 e. The summed E-state index contributed by atoms with van der Waals surface area (Å²) < 4.78 is 6.94. The first kappa shape index (κ1) is 15.9. The summed E-state index contributed by atoms with van der Waals surface area (Å²) in [4.78, 5) is 30.1. The van der Waals surface area contributed by atoms with Crippen molar-refractivity contribution in [3.05, 3.63) is 75.8 Å². The lowest BCUT2D eigenvalue weighted by molar-refractivity contribution is -0.144. The summed E-state index contributed by atoms with van der Waals surface area (Å²) in [6.07, 6.45) is 0.673. The Hall–Kier alpha value is -2.60. The van der Waals surface area contributed by atoms with Crippen molar-refractivity contribution < 1.29 is 9.53 Å². The zero-order valence-corrected chi connectivity index (χ0v) is 14.5. The van der Waals surface area contributed by atoms with E-state index < -0.39 is 0 Å². The number of pyridine rings is 1. The Bertz CT molecular complexity index is 1000. The molecule has 2 aromatic heterocycles. The van der Waals surface area contributed by atoms with E-state index in [-0.39, 0.29) is 23.4 Å². The van der Waals surface area contributed by atoms with Crippen molar-refractivity contribution in [3.8, 4) is 0 Å². The van der Waals surface area contributed by atoms with Crippen LogP contribution in [-0.2, 0) is 22.6 Å². The maximum absolute atomic E-state index is 12.3. The fraction of sp³-hybridized carbons (Fsp3) is 0.211. The molecule has 0 fully saturated rings. The Morgan fingerprint density at radius 1 is 1.28 bits per heavy atom. The Morgan fingerprint density at radius 3 is 2.96 bits per heavy atom. The lowest BCUT2D eigenvalue weighted by atomic mass is 10.1. The van der Waals surface area contributed by atoms with Crippen molar-refractivity contribution in [3.63, 3.8) is 0 Å². The number of hydrogen-bond donors (Lipinski definition) is 0. The lowest BCUT2D eigenvalue weighted by Crippen LogP contribution is -2.21. The average Bonchev–Trinajstić information content (AvgIpc) is 3.03. The molecule has 0 spiro atoms. The fourth-order valence-corrected chi connectivity index (χ4v) is 4.18. The van der Waals surface area contributed by atoms with Crippen molar-refractivity contribution in [2.45, 2.75) is 30.1 Å². The number of hydrogen-bond acceptors (Lipinski definition) is 5. The number of benzene rings is 1. The quantitative estimate of drug-likeness (QED) is 0.679. The number of carbonyl (C=O) groups excluding carboxylic acids is 1. The van der Waals surface area contributed by atoms with E-state index in [9.17, 15) is 9.59 Å². The van der Waals surface area contributed by atoms with Crippen molar-refractivity contribution in [2.24, 2.45) is 0 Å². The van der Waals surface area contributed by atoms with Crippen LogP contribution in [0.4, 0.5) is 0 Å². The predicted octanol–water partition coefficient (Wildman–Crippen LogP) is 2.76. The first-order valence-corrected chi connectivity index (χ1v) is 8.89. The Morgan fingerprint density at radius 2 is 2.12 bits per heavy atom. The Labute approximate surface area is 148 Å². The molecular weight excluding hydrogens is 336 g/mol. The van der Waals surface area contributed by atoms with E-state index >= 15 is 0 Å². The van der Waals surface area contributed by atoms with Gasteiger partial charge in [-0.3, -0.25) is 14.0 Å². The van der Waals surface area contributed by atoms with E-state index in [2.05, 4.69) is 4.98 Å². The third-order valence-electron chi connectivity index (χ3n) is 4.21. The Kier molecular flexibility index (Phi) is 4.05. The largest absolute Gasteiger partial charge is 0.458 e. The molecular formula is C19H16N2O3S. The highest BCUT2D eigenvalue weighted by molar-refractivity contribution is 8.01. The molecule has 0 bridgehead atoms. The second-order valence-electron chi connectivity index (χ2n) is 5.97. The van der Waals surface area contributed by atoms with E-state index in [1.807, 2.05) is 43.3 Å². The summed E-state index contributed by atoms with van der Waals surface area (Å²) in [5, 5.41) is -0.235. The molecule has 0 radical (unpaired) electrons. The van der Waals surface area contributed by atoms with Crippen LogP contribution in [0.15, 0.2) is 58.2 Å². The summed E-state index contributed by atoms with van der Waals surface area (Å²) in [7, 11) is 0. The topological polar surface area (TPSA) is 60.7 Å². The molecule has 5 nitrogen and oxygen atoms in total. The number of rotatable bonds is 3. The van der Waals surface area contributed by atoms with Crippen LogP contribution in [0.1, 0.15) is 17.0 Å². The zero-order valence-electron chi connectivity index (χ0n) is 13.6. The summed E-state index contributed by atoms with van der Waals surface area (Å²) in [5.74, 6) is -0.271. The summed E-state index contributed by atoms with van der Waals surface area (Å²) in [6, 6.07) is 14.9. The van der Waals surface area contributed by atoms with Crippen molar-refractivity contribution in [2.75, 3.05) is 0 Å². The van der Waals surface area contributed by atoms with Crippen LogP contribution < -0.4 is 5.56 Å². The highest BCUT2D eigenvalue weighted by atomic mass is 32.2. The van der Waals surface area contributed by atoms with Crippen LogP contribution in [0.3, 0.4) is 0 Å². The average molecular weight is 352 g/mol. The minimum atomic E-state index is -0.271. The molecule has 126 valence electrons. The molecule has 1 unspecified atom stereocenters. The molecule has 1 aromatic carbocycles. The molecule has 0 amide bonds. The van der Waals surface area contributed by atoms with Crippen molar-refractivity contribution in [1.82, 2.24) is 9.38 Å². The molecule has 1 aliphatic heterocycles. The fourth-order valence-electron chi connectivity index (χ4n) is 2.99. The number of fused-ring (bicyclic) bond motifs is 2. The monoisotopic (exact) mass is 352 g/mol. The van der Waals surface area contributed by atoms with Gasteiger partial charge in [-0.1, -0.05) is 24.3 Å². The van der Waals surface area contributed by atoms with Gasteiger partial charge in [0.1, 0.15) is 17.5 Å². The minimum absolute atomic E-state index is 0.00587. The second kappa shape index (κ2) is 6.37. The van der Waals surface area contributed by atoms with E-state index in [0.717, 1.165) is 10.6 Å². The van der Waals surface area contributed by atoms with Gasteiger partial charge in [-0.05, 0) is 37.1 Å². The molecule has 1 aliphatic rings. The third kappa shape index (κ3) is 3.05. The molecule has 3 aromatic rings. The molecule has 1 atom stereocenters. The number of carbonyl (C=O) groups is 1. The van der Waals surface area contributed by atoms with Gasteiger partial charge in [0, 0.05) is 16.7 Å². The maximum Gasteiger partial charge on any atom is 0.320 e. The second-order valence-corrected chi connectivity index (χ2v) is 7.22. The summed E-state index contributed by atoms with van der Waals surface area (Å²) in [5.41, 5.74) is 2.84. The van der Waals surface area contributed by atoms with Gasteiger partial charge < -0.3 is 4.74 Å². The molecule has 6 heteroatoms. The number of nitrogens with zero attached hydrogens (tertiary/aromatic N) is 2. The van der Waals surface area contributed by atoms with E-state index in [0.29, 0.717) is 17.8 Å². The van der Waals surface area contributed by atoms with Crippen LogP contribution in [0.2, 0.25) is 0 Å². The summed E-state index contributed by atoms with van der Waals surface area (Å²) in [6.45, 7) is 1.86. The molecule has 4 rings (SSSR count). The van der Waals surface area contributed by atoms with Crippen LogP contribution in [0, 0.1) is 6.92 Å². The molecule has 0 saturated heterocycles. The van der Waals surface area contributed by atoms with Gasteiger partial charge in [0.15, 0.2) is 0 Å². The van der Waals surface area contributed by atoms with Crippen LogP contribution in [0.5, 0.6) is 0 Å². The van der Waals surface area contributed by atoms with Gasteiger partial charge in [0.05, 0.1) is 5.69 Å². The van der Waals surface area contributed by atoms with Crippen LogP contribution >= 0.6 is 11.8 Å². The van der Waals surface area contributed by atoms with Crippen LogP contribution in [0.25, 0.3) is 5.65 Å². The molecule has 25 heavy (non-hydrogen) atoms. The number of ether oxygens (including phenoxy) is 1.